The molecule has 0 aromatic rings. The lowest BCUT2D eigenvalue weighted by molar-refractivity contribution is -0.141. The Kier molecular flexibility index (Phi) is 5.97. The van der Waals surface area contributed by atoms with Crippen LogP contribution in [-0.4, -0.2) is 64.1 Å². The fraction of sp³-hybridized carbons (Fsp3) is 0.714. The summed E-state index contributed by atoms with van der Waals surface area (Å²) < 4.78 is 0. The SMILES string of the molecule is O=CNC[C@@H](O)[C@H](O)[C@@H](O)C(=O)CO. The Morgan fingerprint density at radius 2 is 1.93 bits per heavy atom. The molecule has 7 nitrogen and oxygen atoms in total. The van der Waals surface area contributed by atoms with E-state index in [2.05, 4.69) is 5.32 Å². The van der Waals surface area contributed by atoms with Crippen LogP contribution in [-0.2, 0) is 9.59 Å². The largest absolute Gasteiger partial charge is 0.388 e. The number of nitrogens with one attached hydrogen (secondary N) is 1. The van der Waals surface area contributed by atoms with Gasteiger partial charge in [-0.1, -0.05) is 0 Å². The van der Waals surface area contributed by atoms with Crippen LogP contribution in [0.4, 0.5) is 0 Å². The molecule has 0 aliphatic carbocycles. The third kappa shape index (κ3) is 3.79. The van der Waals surface area contributed by atoms with Crippen LogP contribution in [0.25, 0.3) is 0 Å². The van der Waals surface area contributed by atoms with Gasteiger partial charge in [0, 0.05) is 6.54 Å². The second-order valence-corrected chi connectivity index (χ2v) is 2.65. The lowest BCUT2D eigenvalue weighted by atomic mass is 10.0. The zero-order chi connectivity index (χ0) is 11.1. The van der Waals surface area contributed by atoms with E-state index < -0.39 is 30.7 Å². The van der Waals surface area contributed by atoms with E-state index in [-0.39, 0.29) is 6.54 Å². The van der Waals surface area contributed by atoms with Crippen LogP contribution >= 0.6 is 0 Å². The van der Waals surface area contributed by atoms with Crippen molar-refractivity contribution in [2.45, 2.75) is 18.3 Å². The number of aliphatic hydroxyl groups excluding tert-OH is 4. The summed E-state index contributed by atoms with van der Waals surface area (Å²) in [7, 11) is 0. The van der Waals surface area contributed by atoms with Crippen molar-refractivity contribution in [3.63, 3.8) is 0 Å². The van der Waals surface area contributed by atoms with Crippen molar-refractivity contribution in [2.75, 3.05) is 13.2 Å². The highest BCUT2D eigenvalue weighted by Crippen LogP contribution is 2.00. The molecule has 0 saturated carbocycles. The van der Waals surface area contributed by atoms with Crippen LogP contribution in [0.15, 0.2) is 0 Å². The van der Waals surface area contributed by atoms with Crippen molar-refractivity contribution in [3.05, 3.63) is 0 Å². The number of aliphatic hydroxyl groups is 4. The number of carbonyl (C=O) groups is 2. The van der Waals surface area contributed by atoms with E-state index in [0.717, 1.165) is 0 Å². The van der Waals surface area contributed by atoms with Gasteiger partial charge in [-0.25, -0.2) is 0 Å². The molecule has 0 heterocycles. The first-order valence-electron chi connectivity index (χ1n) is 3.89. The Hall–Kier alpha value is -1.02. The molecule has 5 N–H and O–H groups in total. The number of amides is 1. The summed E-state index contributed by atoms with van der Waals surface area (Å²) >= 11 is 0. The topological polar surface area (TPSA) is 127 Å². The third-order valence-corrected chi connectivity index (χ3v) is 1.61. The van der Waals surface area contributed by atoms with Crippen molar-refractivity contribution < 1.29 is 30.0 Å². The van der Waals surface area contributed by atoms with E-state index >= 15 is 0 Å². The fourth-order valence-corrected chi connectivity index (χ4v) is 0.784. The molecular formula is C7H13NO6. The molecule has 3 atom stereocenters. The minimum atomic E-state index is -1.86. The van der Waals surface area contributed by atoms with Crippen molar-refractivity contribution in [2.24, 2.45) is 0 Å². The van der Waals surface area contributed by atoms with Gasteiger partial charge in [-0.15, -0.1) is 0 Å². The molecule has 0 aromatic carbocycles. The maximum Gasteiger partial charge on any atom is 0.207 e. The van der Waals surface area contributed by atoms with Gasteiger partial charge in [0.25, 0.3) is 0 Å². The fourth-order valence-electron chi connectivity index (χ4n) is 0.784. The number of rotatable bonds is 7. The molecule has 0 rings (SSSR count). The van der Waals surface area contributed by atoms with E-state index in [1.165, 1.54) is 0 Å². The molecule has 0 spiro atoms. The number of hydrogen-bond acceptors (Lipinski definition) is 6. The summed E-state index contributed by atoms with van der Waals surface area (Å²) in [6.45, 7) is -1.22. The number of Topliss-reactive ketones (excluding diaryl/α,β-unsaturated/α-hetero) is 1. The molecular weight excluding hydrogens is 194 g/mol. The monoisotopic (exact) mass is 207 g/mol. The summed E-state index contributed by atoms with van der Waals surface area (Å²) in [5.41, 5.74) is 0. The zero-order valence-corrected chi connectivity index (χ0v) is 7.33. The van der Waals surface area contributed by atoms with Crippen molar-refractivity contribution in [1.82, 2.24) is 5.32 Å². The lowest BCUT2D eigenvalue weighted by Gasteiger charge is -2.20. The third-order valence-electron chi connectivity index (χ3n) is 1.61. The first-order valence-corrected chi connectivity index (χ1v) is 3.89. The van der Waals surface area contributed by atoms with Gasteiger partial charge in [0.2, 0.25) is 6.41 Å². The Balaban J connectivity index is 4.08. The summed E-state index contributed by atoms with van der Waals surface area (Å²) in [5, 5.41) is 37.6. The molecule has 1 amide bonds. The average Bonchev–Trinajstić information content (AvgIpc) is 2.22. The molecule has 0 unspecified atom stereocenters. The van der Waals surface area contributed by atoms with Crippen LogP contribution < -0.4 is 5.32 Å². The summed E-state index contributed by atoms with van der Waals surface area (Å²) in [5.74, 6) is -0.998. The van der Waals surface area contributed by atoms with Crippen LogP contribution in [0, 0.1) is 0 Å². The number of carbonyl (C=O) groups excluding carboxylic acids is 2. The molecule has 0 aromatic heterocycles. The maximum atomic E-state index is 10.7. The van der Waals surface area contributed by atoms with Crippen LogP contribution in [0.3, 0.4) is 0 Å². The Morgan fingerprint density at radius 1 is 1.36 bits per heavy atom. The van der Waals surface area contributed by atoms with Gasteiger partial charge in [-0.3, -0.25) is 9.59 Å². The Morgan fingerprint density at radius 3 is 2.36 bits per heavy atom. The van der Waals surface area contributed by atoms with E-state index in [0.29, 0.717) is 6.41 Å². The molecule has 0 aliphatic heterocycles. The predicted octanol–water partition coefficient (Wildman–Crippen LogP) is -3.62. The minimum absolute atomic E-state index is 0.291. The highest BCUT2D eigenvalue weighted by Gasteiger charge is 2.29. The smallest absolute Gasteiger partial charge is 0.207 e. The second-order valence-electron chi connectivity index (χ2n) is 2.65. The van der Waals surface area contributed by atoms with E-state index in [4.69, 9.17) is 20.4 Å². The average molecular weight is 207 g/mol. The van der Waals surface area contributed by atoms with Crippen molar-refractivity contribution in [1.29, 1.82) is 0 Å². The molecule has 0 aliphatic rings. The second kappa shape index (κ2) is 6.44. The van der Waals surface area contributed by atoms with Crippen molar-refractivity contribution in [3.8, 4) is 0 Å². The van der Waals surface area contributed by atoms with E-state index in [1.807, 2.05) is 0 Å². The molecule has 0 saturated heterocycles. The summed E-state index contributed by atoms with van der Waals surface area (Å²) in [6.07, 6.45) is -4.76. The van der Waals surface area contributed by atoms with E-state index in [9.17, 15) is 9.59 Å². The van der Waals surface area contributed by atoms with Gasteiger partial charge in [0.15, 0.2) is 5.78 Å². The molecule has 7 heteroatoms. The van der Waals surface area contributed by atoms with E-state index in [1.54, 1.807) is 0 Å². The van der Waals surface area contributed by atoms with Crippen LogP contribution in [0.5, 0.6) is 0 Å². The van der Waals surface area contributed by atoms with Gasteiger partial charge in [-0.05, 0) is 0 Å². The minimum Gasteiger partial charge on any atom is -0.388 e. The van der Waals surface area contributed by atoms with Gasteiger partial charge >= 0.3 is 0 Å². The Bertz CT molecular complexity index is 197. The highest BCUT2D eigenvalue weighted by atomic mass is 16.4. The quantitative estimate of drug-likeness (QED) is 0.274. The predicted molar refractivity (Wildman–Crippen MR) is 44.2 cm³/mol. The molecule has 0 radical (unpaired) electrons. The highest BCUT2D eigenvalue weighted by molar-refractivity contribution is 5.84. The van der Waals surface area contributed by atoms with Crippen molar-refractivity contribution >= 4 is 12.2 Å². The molecule has 0 bridgehead atoms. The van der Waals surface area contributed by atoms with Gasteiger partial charge in [0.1, 0.15) is 24.9 Å². The van der Waals surface area contributed by atoms with Gasteiger partial charge < -0.3 is 25.7 Å². The normalized spacial score (nSPS) is 16.9. The molecule has 82 valence electrons. The first kappa shape index (κ1) is 13.0. The van der Waals surface area contributed by atoms with Crippen LogP contribution in [0.2, 0.25) is 0 Å². The summed E-state index contributed by atoms with van der Waals surface area (Å²) in [4.78, 5) is 20.5. The number of hydrogen-bond donors (Lipinski definition) is 5. The van der Waals surface area contributed by atoms with Gasteiger partial charge in [-0.2, -0.15) is 0 Å². The van der Waals surface area contributed by atoms with Crippen LogP contribution in [0.1, 0.15) is 0 Å². The molecule has 14 heavy (non-hydrogen) atoms. The number of ketones is 1. The lowest BCUT2D eigenvalue weighted by Crippen LogP contribution is -2.47. The zero-order valence-electron chi connectivity index (χ0n) is 7.33. The standard InChI is InChI=1S/C7H13NO6/c9-2-5(12)7(14)6(13)4(11)1-8-3-10/h3-4,6-7,9,11,13-14H,1-2H2,(H,8,10)/t4-,6+,7+/m1/s1. The Labute approximate surface area is 80.0 Å². The van der Waals surface area contributed by atoms with Gasteiger partial charge in [0.05, 0.1) is 0 Å². The molecule has 0 fully saturated rings. The maximum absolute atomic E-state index is 10.7. The summed E-state index contributed by atoms with van der Waals surface area (Å²) in [6, 6.07) is 0. The first-order chi connectivity index (χ1) is 6.54.